The van der Waals surface area contributed by atoms with Crippen molar-refractivity contribution >= 4 is 0 Å². The Morgan fingerprint density at radius 3 is 2.42 bits per heavy atom. The van der Waals surface area contributed by atoms with E-state index in [0.29, 0.717) is 6.10 Å². The third-order valence-corrected chi connectivity index (χ3v) is 1.89. The molecule has 74 valence electrons. The normalized spacial score (nSPS) is 16.0. The average molecular weight is 174 g/mol. The quantitative estimate of drug-likeness (QED) is 0.600. The van der Waals surface area contributed by atoms with E-state index >= 15 is 0 Å². The van der Waals surface area contributed by atoms with E-state index in [1.807, 2.05) is 6.92 Å². The first kappa shape index (κ1) is 11.9. The minimum atomic E-state index is -0.192. The van der Waals surface area contributed by atoms with Gasteiger partial charge in [0.15, 0.2) is 0 Å². The molecule has 0 bridgehead atoms. The molecule has 0 heterocycles. The van der Waals surface area contributed by atoms with Gasteiger partial charge in [0.1, 0.15) is 0 Å². The van der Waals surface area contributed by atoms with Gasteiger partial charge < -0.3 is 9.84 Å². The van der Waals surface area contributed by atoms with Gasteiger partial charge in [-0.1, -0.05) is 13.3 Å². The highest BCUT2D eigenvalue weighted by Crippen LogP contribution is 2.05. The van der Waals surface area contributed by atoms with E-state index in [9.17, 15) is 0 Å². The zero-order valence-corrected chi connectivity index (χ0v) is 8.55. The maximum atomic E-state index is 9.02. The van der Waals surface area contributed by atoms with Crippen molar-refractivity contribution in [3.05, 3.63) is 0 Å². The Labute approximate surface area is 75.9 Å². The van der Waals surface area contributed by atoms with Crippen LogP contribution in [-0.4, -0.2) is 23.9 Å². The molecule has 0 spiro atoms. The number of aliphatic hydroxyl groups excluding tert-OH is 1. The van der Waals surface area contributed by atoms with E-state index in [2.05, 4.69) is 13.8 Å². The second-order valence-corrected chi connectivity index (χ2v) is 3.46. The molecule has 0 radical (unpaired) electrons. The summed E-state index contributed by atoms with van der Waals surface area (Å²) in [4.78, 5) is 0. The molecular formula is C10H22O2. The Balaban J connectivity index is 3.15. The molecule has 12 heavy (non-hydrogen) atoms. The van der Waals surface area contributed by atoms with Gasteiger partial charge in [-0.05, 0) is 33.1 Å². The number of rotatable bonds is 7. The Morgan fingerprint density at radius 2 is 1.92 bits per heavy atom. The van der Waals surface area contributed by atoms with Crippen LogP contribution in [0, 0.1) is 0 Å². The summed E-state index contributed by atoms with van der Waals surface area (Å²) < 4.78 is 5.52. The highest BCUT2D eigenvalue weighted by atomic mass is 16.5. The van der Waals surface area contributed by atoms with E-state index < -0.39 is 0 Å². The van der Waals surface area contributed by atoms with Crippen molar-refractivity contribution in [2.45, 2.75) is 58.7 Å². The fourth-order valence-electron chi connectivity index (χ4n) is 0.988. The molecule has 0 unspecified atom stereocenters. The van der Waals surface area contributed by atoms with E-state index in [1.54, 1.807) is 0 Å². The van der Waals surface area contributed by atoms with E-state index in [-0.39, 0.29) is 6.10 Å². The maximum Gasteiger partial charge on any atom is 0.0547 e. The summed E-state index contributed by atoms with van der Waals surface area (Å²) in [7, 11) is 0. The largest absolute Gasteiger partial charge is 0.393 e. The number of hydrogen-bond donors (Lipinski definition) is 1. The minimum Gasteiger partial charge on any atom is -0.393 e. The summed E-state index contributed by atoms with van der Waals surface area (Å²) in [6.07, 6.45) is 4.23. The molecule has 0 rings (SSSR count). The molecule has 2 atom stereocenters. The Bertz CT molecular complexity index is 91.8. The SMILES string of the molecule is CCCCO[C@@H](C)CC[C@@H](C)O. The molecule has 0 aliphatic rings. The van der Waals surface area contributed by atoms with Crippen LogP contribution < -0.4 is 0 Å². The van der Waals surface area contributed by atoms with Gasteiger partial charge in [0.2, 0.25) is 0 Å². The van der Waals surface area contributed by atoms with Crippen LogP contribution in [0.1, 0.15) is 46.5 Å². The Hall–Kier alpha value is -0.0800. The van der Waals surface area contributed by atoms with E-state index in [1.165, 1.54) is 6.42 Å². The molecule has 2 heteroatoms. The summed E-state index contributed by atoms with van der Waals surface area (Å²) in [6, 6.07) is 0. The zero-order valence-electron chi connectivity index (χ0n) is 8.55. The lowest BCUT2D eigenvalue weighted by atomic mass is 10.1. The second-order valence-electron chi connectivity index (χ2n) is 3.46. The van der Waals surface area contributed by atoms with Gasteiger partial charge in [0.05, 0.1) is 12.2 Å². The van der Waals surface area contributed by atoms with Crippen LogP contribution in [0.25, 0.3) is 0 Å². The molecule has 0 aromatic heterocycles. The van der Waals surface area contributed by atoms with Crippen molar-refractivity contribution in [1.82, 2.24) is 0 Å². The molecule has 0 aromatic carbocycles. The average Bonchev–Trinajstić information content (AvgIpc) is 2.01. The van der Waals surface area contributed by atoms with Crippen molar-refractivity contribution in [2.24, 2.45) is 0 Å². The monoisotopic (exact) mass is 174 g/mol. The van der Waals surface area contributed by atoms with Crippen LogP contribution in [0.3, 0.4) is 0 Å². The summed E-state index contributed by atoms with van der Waals surface area (Å²) in [5.74, 6) is 0. The molecule has 0 fully saturated rings. The topological polar surface area (TPSA) is 29.5 Å². The van der Waals surface area contributed by atoms with E-state index in [4.69, 9.17) is 9.84 Å². The molecule has 2 nitrogen and oxygen atoms in total. The third kappa shape index (κ3) is 8.02. The summed E-state index contributed by atoms with van der Waals surface area (Å²) in [5, 5.41) is 9.02. The first-order valence-electron chi connectivity index (χ1n) is 4.96. The van der Waals surface area contributed by atoms with Gasteiger partial charge in [0, 0.05) is 6.61 Å². The molecule has 0 amide bonds. The van der Waals surface area contributed by atoms with Gasteiger partial charge in [-0.15, -0.1) is 0 Å². The van der Waals surface area contributed by atoms with Gasteiger partial charge >= 0.3 is 0 Å². The van der Waals surface area contributed by atoms with Crippen LogP contribution in [0.5, 0.6) is 0 Å². The van der Waals surface area contributed by atoms with Crippen molar-refractivity contribution in [1.29, 1.82) is 0 Å². The highest BCUT2D eigenvalue weighted by molar-refractivity contribution is 4.54. The number of ether oxygens (including phenoxy) is 1. The Kier molecular flexibility index (Phi) is 7.51. The van der Waals surface area contributed by atoms with Crippen LogP contribution in [-0.2, 0) is 4.74 Å². The van der Waals surface area contributed by atoms with E-state index in [0.717, 1.165) is 25.9 Å². The van der Waals surface area contributed by atoms with Gasteiger partial charge in [0.25, 0.3) is 0 Å². The molecule has 0 aliphatic carbocycles. The van der Waals surface area contributed by atoms with Crippen molar-refractivity contribution < 1.29 is 9.84 Å². The molecule has 0 saturated carbocycles. The van der Waals surface area contributed by atoms with Crippen molar-refractivity contribution in [2.75, 3.05) is 6.61 Å². The van der Waals surface area contributed by atoms with Crippen molar-refractivity contribution in [3.63, 3.8) is 0 Å². The number of aliphatic hydroxyl groups is 1. The minimum absolute atomic E-state index is 0.192. The predicted octanol–water partition coefficient (Wildman–Crippen LogP) is 2.35. The van der Waals surface area contributed by atoms with Crippen molar-refractivity contribution in [3.8, 4) is 0 Å². The summed E-state index contributed by atoms with van der Waals surface area (Å²) in [6.45, 7) is 6.90. The first-order chi connectivity index (χ1) is 5.66. The van der Waals surface area contributed by atoms with Crippen LogP contribution in [0.15, 0.2) is 0 Å². The lowest BCUT2D eigenvalue weighted by molar-refractivity contribution is 0.0469. The lowest BCUT2D eigenvalue weighted by Crippen LogP contribution is -2.12. The molecule has 1 N–H and O–H groups in total. The predicted molar refractivity (Wildman–Crippen MR) is 51.2 cm³/mol. The third-order valence-electron chi connectivity index (χ3n) is 1.89. The molecule has 0 saturated heterocycles. The molecule has 0 aromatic rings. The highest BCUT2D eigenvalue weighted by Gasteiger charge is 2.03. The fraction of sp³-hybridized carbons (Fsp3) is 1.00. The van der Waals surface area contributed by atoms with Gasteiger partial charge in [-0.3, -0.25) is 0 Å². The van der Waals surface area contributed by atoms with Crippen LogP contribution in [0.4, 0.5) is 0 Å². The summed E-state index contributed by atoms with van der Waals surface area (Å²) in [5.41, 5.74) is 0. The number of unbranched alkanes of at least 4 members (excludes halogenated alkanes) is 1. The van der Waals surface area contributed by atoms with Gasteiger partial charge in [-0.25, -0.2) is 0 Å². The van der Waals surface area contributed by atoms with Gasteiger partial charge in [-0.2, -0.15) is 0 Å². The van der Waals surface area contributed by atoms with Crippen LogP contribution >= 0.6 is 0 Å². The maximum absolute atomic E-state index is 9.02. The first-order valence-corrected chi connectivity index (χ1v) is 4.96. The summed E-state index contributed by atoms with van der Waals surface area (Å²) >= 11 is 0. The standard InChI is InChI=1S/C10H22O2/c1-4-5-8-12-10(3)7-6-9(2)11/h9-11H,4-8H2,1-3H3/t9-,10+/m1/s1. The smallest absolute Gasteiger partial charge is 0.0547 e. The van der Waals surface area contributed by atoms with Crippen LogP contribution in [0.2, 0.25) is 0 Å². The Morgan fingerprint density at radius 1 is 1.25 bits per heavy atom. The zero-order chi connectivity index (χ0) is 9.40. The molecular weight excluding hydrogens is 152 g/mol. The second kappa shape index (κ2) is 7.56. The fourth-order valence-corrected chi connectivity index (χ4v) is 0.988. The molecule has 0 aliphatic heterocycles. The number of hydrogen-bond acceptors (Lipinski definition) is 2. The lowest BCUT2D eigenvalue weighted by Gasteiger charge is -2.13.